The molecule has 0 aliphatic heterocycles. The Labute approximate surface area is 145 Å². The van der Waals surface area contributed by atoms with Gasteiger partial charge in [0.2, 0.25) is 0 Å². The molecule has 7 heteroatoms. The second kappa shape index (κ2) is 8.49. The zero-order valence-electron chi connectivity index (χ0n) is 14.2. The number of hydrazone groups is 1. The van der Waals surface area contributed by atoms with Crippen LogP contribution < -0.4 is 20.2 Å². The number of ether oxygens (including phenoxy) is 2. The number of methoxy groups -OCH3 is 2. The molecule has 0 bridgehead atoms. The van der Waals surface area contributed by atoms with Crippen LogP contribution in [0.1, 0.15) is 11.1 Å². The molecule has 2 rings (SSSR count). The lowest BCUT2D eigenvalue weighted by atomic mass is 10.2. The predicted molar refractivity (Wildman–Crippen MR) is 95.1 cm³/mol. The summed E-state index contributed by atoms with van der Waals surface area (Å²) in [5.41, 5.74) is 4.30. The van der Waals surface area contributed by atoms with Gasteiger partial charge in [0, 0.05) is 5.69 Å². The molecule has 7 nitrogen and oxygen atoms in total. The highest BCUT2D eigenvalue weighted by atomic mass is 16.5. The summed E-state index contributed by atoms with van der Waals surface area (Å²) in [5, 5.41) is 6.31. The maximum absolute atomic E-state index is 11.9. The second-order valence-electron chi connectivity index (χ2n) is 5.08. The first-order chi connectivity index (χ1) is 12.0. The van der Waals surface area contributed by atoms with E-state index in [4.69, 9.17) is 9.47 Å². The van der Waals surface area contributed by atoms with Crippen LogP contribution in [0.25, 0.3) is 0 Å². The number of carbonyl (C=O) groups excluding carboxylic acids is 2. The molecule has 0 unspecified atom stereocenters. The summed E-state index contributed by atoms with van der Waals surface area (Å²) >= 11 is 0. The van der Waals surface area contributed by atoms with Crippen molar-refractivity contribution in [2.24, 2.45) is 5.10 Å². The fourth-order valence-corrected chi connectivity index (χ4v) is 2.04. The van der Waals surface area contributed by atoms with Gasteiger partial charge in [-0.25, -0.2) is 5.43 Å². The minimum atomic E-state index is -0.861. The zero-order valence-corrected chi connectivity index (χ0v) is 14.2. The topological polar surface area (TPSA) is 89.0 Å². The van der Waals surface area contributed by atoms with Crippen molar-refractivity contribution >= 4 is 23.7 Å². The Kier molecular flexibility index (Phi) is 6.11. The Morgan fingerprint density at radius 1 is 1.00 bits per heavy atom. The van der Waals surface area contributed by atoms with Gasteiger partial charge >= 0.3 is 11.8 Å². The number of benzene rings is 2. The van der Waals surface area contributed by atoms with Crippen molar-refractivity contribution in [1.82, 2.24) is 5.43 Å². The van der Waals surface area contributed by atoms with Crippen molar-refractivity contribution in [2.75, 3.05) is 19.5 Å². The average Bonchev–Trinajstić information content (AvgIpc) is 2.63. The molecule has 0 radical (unpaired) electrons. The van der Waals surface area contributed by atoms with Gasteiger partial charge in [0.05, 0.1) is 20.4 Å². The predicted octanol–water partition coefficient (Wildman–Crippen LogP) is 2.10. The summed E-state index contributed by atoms with van der Waals surface area (Å²) in [6.07, 6.45) is 1.40. The van der Waals surface area contributed by atoms with Gasteiger partial charge in [0.25, 0.3) is 0 Å². The van der Waals surface area contributed by atoms with Crippen molar-refractivity contribution in [3.63, 3.8) is 0 Å². The zero-order chi connectivity index (χ0) is 18.2. The first-order valence-electron chi connectivity index (χ1n) is 7.47. The molecule has 0 aliphatic carbocycles. The molecular formula is C18H19N3O4. The van der Waals surface area contributed by atoms with E-state index in [0.717, 1.165) is 5.56 Å². The number of aryl methyl sites for hydroxylation is 1. The number of hydrogen-bond donors (Lipinski definition) is 2. The van der Waals surface area contributed by atoms with E-state index in [9.17, 15) is 9.59 Å². The molecule has 0 saturated heterocycles. The Hall–Kier alpha value is -3.35. The van der Waals surface area contributed by atoms with Crippen LogP contribution in [0, 0.1) is 6.92 Å². The molecule has 0 saturated carbocycles. The van der Waals surface area contributed by atoms with E-state index in [2.05, 4.69) is 15.8 Å². The Balaban J connectivity index is 1.96. The van der Waals surface area contributed by atoms with Crippen LogP contribution in [0.2, 0.25) is 0 Å². The maximum Gasteiger partial charge on any atom is 0.329 e. The number of nitrogens with one attached hydrogen (secondary N) is 2. The van der Waals surface area contributed by atoms with Crippen LogP contribution in [-0.2, 0) is 9.59 Å². The van der Waals surface area contributed by atoms with Crippen LogP contribution in [0.15, 0.2) is 47.6 Å². The van der Waals surface area contributed by atoms with Crippen LogP contribution in [-0.4, -0.2) is 32.2 Å². The summed E-state index contributed by atoms with van der Waals surface area (Å²) in [6, 6.07) is 12.3. The molecule has 2 amide bonds. The summed E-state index contributed by atoms with van der Waals surface area (Å²) in [4.78, 5) is 23.6. The lowest BCUT2D eigenvalue weighted by Crippen LogP contribution is -2.32. The first-order valence-corrected chi connectivity index (χ1v) is 7.47. The van der Waals surface area contributed by atoms with Gasteiger partial charge in [-0.15, -0.1) is 0 Å². The lowest BCUT2D eigenvalue weighted by molar-refractivity contribution is -0.136. The molecule has 25 heavy (non-hydrogen) atoms. The van der Waals surface area contributed by atoms with Crippen molar-refractivity contribution in [3.05, 3.63) is 53.6 Å². The third-order valence-electron chi connectivity index (χ3n) is 3.39. The van der Waals surface area contributed by atoms with Gasteiger partial charge in [-0.2, -0.15) is 5.10 Å². The Morgan fingerprint density at radius 3 is 2.40 bits per heavy atom. The van der Waals surface area contributed by atoms with E-state index in [1.165, 1.54) is 13.3 Å². The third kappa shape index (κ3) is 4.81. The maximum atomic E-state index is 11.9. The molecule has 0 aromatic heterocycles. The molecule has 2 N–H and O–H groups in total. The van der Waals surface area contributed by atoms with Gasteiger partial charge in [-0.1, -0.05) is 18.2 Å². The summed E-state index contributed by atoms with van der Waals surface area (Å²) in [7, 11) is 3.06. The number of amides is 2. The molecule has 0 fully saturated rings. The monoisotopic (exact) mass is 341 g/mol. The van der Waals surface area contributed by atoms with Crippen molar-refractivity contribution in [3.8, 4) is 11.5 Å². The third-order valence-corrected chi connectivity index (χ3v) is 3.39. The summed E-state index contributed by atoms with van der Waals surface area (Å²) in [5.74, 6) is -0.532. The van der Waals surface area contributed by atoms with Gasteiger partial charge in [0.1, 0.15) is 0 Å². The number of anilines is 1. The number of carbonyl (C=O) groups is 2. The van der Waals surface area contributed by atoms with Crippen LogP contribution >= 0.6 is 0 Å². The van der Waals surface area contributed by atoms with E-state index in [1.54, 1.807) is 37.4 Å². The minimum absolute atomic E-state index is 0.537. The van der Waals surface area contributed by atoms with Crippen LogP contribution in [0.5, 0.6) is 11.5 Å². The first kappa shape index (κ1) is 18.0. The largest absolute Gasteiger partial charge is 0.493 e. The van der Waals surface area contributed by atoms with Crippen molar-refractivity contribution in [1.29, 1.82) is 0 Å². The Bertz CT molecular complexity index is 803. The van der Waals surface area contributed by atoms with E-state index in [0.29, 0.717) is 22.7 Å². The smallest absolute Gasteiger partial charge is 0.329 e. The van der Waals surface area contributed by atoms with Crippen molar-refractivity contribution < 1.29 is 19.1 Å². The number of nitrogens with zero attached hydrogens (tertiary/aromatic N) is 1. The average molecular weight is 341 g/mol. The molecule has 0 aliphatic rings. The van der Waals surface area contributed by atoms with E-state index in [1.807, 2.05) is 19.1 Å². The fraction of sp³-hybridized carbons (Fsp3) is 0.167. The molecule has 0 heterocycles. The lowest BCUT2D eigenvalue weighted by Gasteiger charge is -2.07. The van der Waals surface area contributed by atoms with Gasteiger partial charge in [-0.3, -0.25) is 9.59 Å². The molecule has 0 spiro atoms. The normalized spacial score (nSPS) is 10.4. The number of para-hydroxylation sites is 1. The second-order valence-corrected chi connectivity index (χ2v) is 5.08. The van der Waals surface area contributed by atoms with Gasteiger partial charge < -0.3 is 14.8 Å². The van der Waals surface area contributed by atoms with E-state index in [-0.39, 0.29) is 0 Å². The fourth-order valence-electron chi connectivity index (χ4n) is 2.04. The molecule has 130 valence electrons. The highest BCUT2D eigenvalue weighted by Crippen LogP contribution is 2.26. The van der Waals surface area contributed by atoms with Gasteiger partial charge in [0.15, 0.2) is 11.5 Å². The summed E-state index contributed by atoms with van der Waals surface area (Å²) < 4.78 is 10.3. The van der Waals surface area contributed by atoms with E-state index < -0.39 is 11.8 Å². The minimum Gasteiger partial charge on any atom is -0.493 e. The highest BCUT2D eigenvalue weighted by Gasteiger charge is 2.13. The number of hydrogen-bond acceptors (Lipinski definition) is 5. The summed E-state index contributed by atoms with van der Waals surface area (Å²) in [6.45, 7) is 1.84. The van der Waals surface area contributed by atoms with E-state index >= 15 is 0 Å². The highest BCUT2D eigenvalue weighted by molar-refractivity contribution is 6.39. The van der Waals surface area contributed by atoms with Crippen LogP contribution in [0.3, 0.4) is 0 Å². The molecule has 2 aromatic carbocycles. The Morgan fingerprint density at radius 2 is 1.72 bits per heavy atom. The molecular weight excluding hydrogens is 322 g/mol. The number of rotatable bonds is 5. The van der Waals surface area contributed by atoms with Crippen molar-refractivity contribution in [2.45, 2.75) is 6.92 Å². The quantitative estimate of drug-likeness (QED) is 0.495. The standard InChI is InChI=1S/C18H19N3O4/c1-12-6-4-5-7-14(12)20-17(22)18(23)21-19-11-13-8-9-15(24-2)16(10-13)25-3/h4-11H,1-3H3,(H,20,22)(H,21,23). The SMILES string of the molecule is COc1ccc(C=NNC(=O)C(=O)Nc2ccccc2C)cc1OC. The molecule has 2 aromatic rings. The molecule has 0 atom stereocenters. The van der Waals surface area contributed by atoms with Gasteiger partial charge in [-0.05, 0) is 42.3 Å². The van der Waals surface area contributed by atoms with Crippen LogP contribution in [0.4, 0.5) is 5.69 Å².